The summed E-state index contributed by atoms with van der Waals surface area (Å²) in [5.74, 6) is 0.932. The second kappa shape index (κ2) is 5.19. The van der Waals surface area contributed by atoms with Crippen LogP contribution in [0.5, 0.6) is 0 Å². The first-order valence-corrected chi connectivity index (χ1v) is 6.98. The van der Waals surface area contributed by atoms with Gasteiger partial charge in [0, 0.05) is 9.86 Å². The molecule has 0 saturated heterocycles. The predicted octanol–water partition coefficient (Wildman–Crippen LogP) is 4.50. The third-order valence-electron chi connectivity index (χ3n) is 3.20. The van der Waals surface area contributed by atoms with Crippen molar-refractivity contribution in [3.05, 3.63) is 70.4 Å². The van der Waals surface area contributed by atoms with E-state index in [1.807, 2.05) is 37.4 Å². The molecule has 0 radical (unpaired) electrons. The molecule has 1 heterocycles. The van der Waals surface area contributed by atoms with E-state index in [-0.39, 0.29) is 6.04 Å². The van der Waals surface area contributed by atoms with Gasteiger partial charge >= 0.3 is 0 Å². The fourth-order valence-electron chi connectivity index (χ4n) is 2.30. The zero-order valence-corrected chi connectivity index (χ0v) is 12.1. The van der Waals surface area contributed by atoms with Gasteiger partial charge in [-0.05, 0) is 36.9 Å². The maximum absolute atomic E-state index is 5.94. The van der Waals surface area contributed by atoms with Crippen molar-refractivity contribution in [2.75, 3.05) is 7.05 Å². The first-order chi connectivity index (χ1) is 9.28. The van der Waals surface area contributed by atoms with Gasteiger partial charge in [0.25, 0.3) is 0 Å². The molecule has 0 bridgehead atoms. The molecule has 3 rings (SSSR count). The summed E-state index contributed by atoms with van der Waals surface area (Å²) >= 11 is 3.51. The molecule has 0 saturated carbocycles. The average Bonchev–Trinajstić information content (AvgIpc) is 2.83. The molecule has 1 aromatic heterocycles. The van der Waals surface area contributed by atoms with Gasteiger partial charge in [-0.1, -0.05) is 46.3 Å². The summed E-state index contributed by atoms with van der Waals surface area (Å²) in [6, 6.07) is 18.5. The number of fused-ring (bicyclic) bond motifs is 1. The summed E-state index contributed by atoms with van der Waals surface area (Å²) in [7, 11) is 1.94. The van der Waals surface area contributed by atoms with E-state index >= 15 is 0 Å². The summed E-state index contributed by atoms with van der Waals surface area (Å²) < 4.78 is 7.01. The monoisotopic (exact) mass is 315 g/mol. The van der Waals surface area contributed by atoms with Crippen molar-refractivity contribution < 1.29 is 4.42 Å². The molecule has 19 heavy (non-hydrogen) atoms. The average molecular weight is 316 g/mol. The molecule has 2 nitrogen and oxygen atoms in total. The molecule has 1 N–H and O–H groups in total. The summed E-state index contributed by atoms with van der Waals surface area (Å²) in [5.41, 5.74) is 2.10. The highest BCUT2D eigenvalue weighted by Crippen LogP contribution is 2.29. The minimum atomic E-state index is 0.0601. The Morgan fingerprint density at radius 3 is 2.63 bits per heavy atom. The molecular weight excluding hydrogens is 302 g/mol. The molecule has 1 unspecified atom stereocenters. The molecule has 96 valence electrons. The van der Waals surface area contributed by atoms with Crippen LogP contribution in [-0.2, 0) is 0 Å². The largest absolute Gasteiger partial charge is 0.459 e. The minimum Gasteiger partial charge on any atom is -0.459 e. The molecular formula is C16H14BrNO. The second-order valence-corrected chi connectivity index (χ2v) is 5.38. The van der Waals surface area contributed by atoms with Gasteiger partial charge in [-0.25, -0.2) is 0 Å². The predicted molar refractivity (Wildman–Crippen MR) is 81.3 cm³/mol. The zero-order chi connectivity index (χ0) is 13.2. The van der Waals surface area contributed by atoms with E-state index in [1.165, 1.54) is 5.56 Å². The number of rotatable bonds is 3. The first-order valence-electron chi connectivity index (χ1n) is 6.19. The molecule has 0 aliphatic rings. The van der Waals surface area contributed by atoms with E-state index in [0.29, 0.717) is 0 Å². The van der Waals surface area contributed by atoms with E-state index in [4.69, 9.17) is 4.42 Å². The Kier molecular flexibility index (Phi) is 3.40. The van der Waals surface area contributed by atoms with Gasteiger partial charge < -0.3 is 9.73 Å². The van der Waals surface area contributed by atoms with Crippen molar-refractivity contribution in [2.24, 2.45) is 0 Å². The second-order valence-electron chi connectivity index (χ2n) is 4.46. The number of para-hydroxylation sites is 1. The van der Waals surface area contributed by atoms with Gasteiger partial charge in [-0.15, -0.1) is 0 Å². The number of halogens is 1. The SMILES string of the molecule is CNC(c1cccc(Br)c1)c1cc2ccccc2o1. The van der Waals surface area contributed by atoms with Crippen LogP contribution >= 0.6 is 15.9 Å². The smallest absolute Gasteiger partial charge is 0.134 e. The van der Waals surface area contributed by atoms with Crippen LogP contribution in [-0.4, -0.2) is 7.05 Å². The molecule has 0 amide bonds. The number of nitrogens with one attached hydrogen (secondary N) is 1. The maximum Gasteiger partial charge on any atom is 0.134 e. The Labute approximate surface area is 120 Å². The van der Waals surface area contributed by atoms with E-state index in [2.05, 4.69) is 45.5 Å². The molecule has 0 spiro atoms. The quantitative estimate of drug-likeness (QED) is 0.769. The van der Waals surface area contributed by atoms with Gasteiger partial charge in [0.1, 0.15) is 11.3 Å². The normalized spacial score (nSPS) is 12.7. The van der Waals surface area contributed by atoms with Crippen LogP contribution in [0, 0.1) is 0 Å². The molecule has 0 fully saturated rings. The Morgan fingerprint density at radius 1 is 1.05 bits per heavy atom. The van der Waals surface area contributed by atoms with E-state index in [1.54, 1.807) is 0 Å². The van der Waals surface area contributed by atoms with Gasteiger partial charge in [0.05, 0.1) is 6.04 Å². The van der Waals surface area contributed by atoms with Gasteiger partial charge in [-0.3, -0.25) is 0 Å². The van der Waals surface area contributed by atoms with Crippen LogP contribution in [0.3, 0.4) is 0 Å². The van der Waals surface area contributed by atoms with Crippen molar-refractivity contribution in [1.82, 2.24) is 5.32 Å². The first kappa shape index (κ1) is 12.5. The van der Waals surface area contributed by atoms with Crippen LogP contribution in [0.1, 0.15) is 17.4 Å². The van der Waals surface area contributed by atoms with E-state index < -0.39 is 0 Å². The van der Waals surface area contributed by atoms with Crippen molar-refractivity contribution in [1.29, 1.82) is 0 Å². The summed E-state index contributed by atoms with van der Waals surface area (Å²) in [6.45, 7) is 0. The summed E-state index contributed by atoms with van der Waals surface area (Å²) in [5, 5.41) is 4.44. The van der Waals surface area contributed by atoms with Gasteiger partial charge in [-0.2, -0.15) is 0 Å². The fraction of sp³-hybridized carbons (Fsp3) is 0.125. The fourth-order valence-corrected chi connectivity index (χ4v) is 2.72. The Morgan fingerprint density at radius 2 is 1.89 bits per heavy atom. The van der Waals surface area contributed by atoms with Crippen molar-refractivity contribution in [3.63, 3.8) is 0 Å². The molecule has 2 aromatic carbocycles. The highest BCUT2D eigenvalue weighted by molar-refractivity contribution is 9.10. The number of hydrogen-bond donors (Lipinski definition) is 1. The molecule has 3 heteroatoms. The molecule has 0 aliphatic carbocycles. The van der Waals surface area contributed by atoms with Crippen LogP contribution in [0.2, 0.25) is 0 Å². The molecule has 1 atom stereocenters. The zero-order valence-electron chi connectivity index (χ0n) is 10.6. The lowest BCUT2D eigenvalue weighted by Crippen LogP contribution is -2.16. The Hall–Kier alpha value is -1.58. The third-order valence-corrected chi connectivity index (χ3v) is 3.69. The lowest BCUT2D eigenvalue weighted by atomic mass is 10.0. The maximum atomic E-state index is 5.94. The molecule has 0 aliphatic heterocycles. The standard InChI is InChI=1S/C16H14BrNO/c1-18-16(12-6-4-7-13(17)9-12)15-10-11-5-2-3-8-14(11)19-15/h2-10,16,18H,1H3. The van der Waals surface area contributed by atoms with E-state index in [9.17, 15) is 0 Å². The minimum absolute atomic E-state index is 0.0601. The Balaban J connectivity index is 2.06. The lowest BCUT2D eigenvalue weighted by molar-refractivity contribution is 0.491. The van der Waals surface area contributed by atoms with Crippen LogP contribution in [0.4, 0.5) is 0 Å². The van der Waals surface area contributed by atoms with Crippen LogP contribution in [0.25, 0.3) is 11.0 Å². The Bertz CT molecular complexity index is 672. The number of hydrogen-bond acceptors (Lipinski definition) is 2. The van der Waals surface area contributed by atoms with Crippen molar-refractivity contribution >= 4 is 26.9 Å². The topological polar surface area (TPSA) is 25.2 Å². The number of benzene rings is 2. The highest BCUT2D eigenvalue weighted by Gasteiger charge is 2.16. The van der Waals surface area contributed by atoms with Crippen molar-refractivity contribution in [3.8, 4) is 0 Å². The van der Waals surface area contributed by atoms with Gasteiger partial charge in [0.15, 0.2) is 0 Å². The summed E-state index contributed by atoms with van der Waals surface area (Å²) in [6.07, 6.45) is 0. The lowest BCUT2D eigenvalue weighted by Gasteiger charge is -2.14. The van der Waals surface area contributed by atoms with Crippen molar-refractivity contribution in [2.45, 2.75) is 6.04 Å². The van der Waals surface area contributed by atoms with Crippen LogP contribution < -0.4 is 5.32 Å². The summed E-state index contributed by atoms with van der Waals surface area (Å²) in [4.78, 5) is 0. The third kappa shape index (κ3) is 2.44. The van der Waals surface area contributed by atoms with Gasteiger partial charge in [0.2, 0.25) is 0 Å². The highest BCUT2D eigenvalue weighted by atomic mass is 79.9. The molecule has 3 aromatic rings. The van der Waals surface area contributed by atoms with Crippen LogP contribution in [0.15, 0.2) is 63.5 Å². The van der Waals surface area contributed by atoms with E-state index in [0.717, 1.165) is 21.2 Å². The number of furan rings is 1.